The summed E-state index contributed by atoms with van der Waals surface area (Å²) < 4.78 is 18.6. The molecule has 1 aromatic carbocycles. The number of alkyl halides is 1. The van der Waals surface area contributed by atoms with Gasteiger partial charge in [0.05, 0.1) is 17.1 Å². The first kappa shape index (κ1) is 17.2. The number of nitrogens with two attached hydrogens (primary N) is 1. The molecule has 1 rings (SSSR count). The zero-order chi connectivity index (χ0) is 13.0. The minimum absolute atomic E-state index is 0. The summed E-state index contributed by atoms with van der Waals surface area (Å²) in [7, 11) is 0. The lowest BCUT2D eigenvalue weighted by Gasteiger charge is -2.16. The second kappa shape index (κ2) is 7.56. The third kappa shape index (κ3) is 4.12. The number of carbonyl (C=O) groups excluding carboxylic acids is 1. The van der Waals surface area contributed by atoms with Crippen molar-refractivity contribution in [1.82, 2.24) is 0 Å². The average molecular weight is 343 g/mol. The fourth-order valence-electron chi connectivity index (χ4n) is 1.27. The number of ether oxygens (including phenoxy) is 1. The summed E-state index contributed by atoms with van der Waals surface area (Å²) in [5.74, 6) is -0.961. The molecule has 7 heteroatoms. The van der Waals surface area contributed by atoms with Crippen LogP contribution in [0.3, 0.4) is 0 Å². The van der Waals surface area contributed by atoms with Crippen molar-refractivity contribution in [3.63, 3.8) is 0 Å². The van der Waals surface area contributed by atoms with Crippen molar-refractivity contribution < 1.29 is 19.0 Å². The van der Waals surface area contributed by atoms with E-state index in [1.165, 1.54) is 18.2 Å². The molecule has 0 aliphatic heterocycles. The number of esters is 1. The molecule has 0 saturated heterocycles. The fraction of sp³-hybridized carbons (Fsp3) is 0.364. The molecule has 102 valence electrons. The van der Waals surface area contributed by atoms with Gasteiger partial charge in [0.2, 0.25) is 6.17 Å². The lowest BCUT2D eigenvalue weighted by atomic mass is 10.0. The van der Waals surface area contributed by atoms with E-state index in [0.29, 0.717) is 10.0 Å². The van der Waals surface area contributed by atoms with E-state index in [1.54, 1.807) is 6.92 Å². The molecule has 0 aromatic heterocycles. The Morgan fingerprint density at radius 3 is 2.72 bits per heavy atom. The minimum atomic E-state index is -1.92. The third-order valence-electron chi connectivity index (χ3n) is 2.18. The lowest BCUT2D eigenvalue weighted by Crippen LogP contribution is -2.31. The number of hydrogen-bond acceptors (Lipinski definition) is 4. The predicted octanol–water partition coefficient (Wildman–Crippen LogP) is 2.48. The van der Waals surface area contributed by atoms with Crippen LogP contribution in [0.1, 0.15) is 18.5 Å². The smallest absolute Gasteiger partial charge is 0.342 e. The van der Waals surface area contributed by atoms with Crippen molar-refractivity contribution in [2.45, 2.75) is 19.1 Å². The Kier molecular flexibility index (Phi) is 7.20. The van der Waals surface area contributed by atoms with E-state index in [2.05, 4.69) is 20.7 Å². The average Bonchev–Trinajstić information content (AvgIpc) is 2.31. The van der Waals surface area contributed by atoms with Gasteiger partial charge in [-0.05, 0) is 40.5 Å². The molecule has 0 heterocycles. The summed E-state index contributed by atoms with van der Waals surface area (Å²) in [6.45, 7) is 1.69. The number of aromatic hydroxyl groups is 1. The maximum Gasteiger partial charge on any atom is 0.342 e. The van der Waals surface area contributed by atoms with Crippen LogP contribution in [-0.4, -0.2) is 23.9 Å². The number of halogens is 3. The lowest BCUT2D eigenvalue weighted by molar-refractivity contribution is -0.149. The number of rotatable bonds is 4. The highest BCUT2D eigenvalue weighted by molar-refractivity contribution is 9.10. The van der Waals surface area contributed by atoms with E-state index in [9.17, 15) is 14.3 Å². The van der Waals surface area contributed by atoms with Gasteiger partial charge in [0.15, 0.2) is 0 Å². The number of carbonyl (C=O) groups is 1. The van der Waals surface area contributed by atoms with Gasteiger partial charge in [-0.1, -0.05) is 6.07 Å². The molecule has 0 saturated carbocycles. The highest BCUT2D eigenvalue weighted by Crippen LogP contribution is 2.28. The van der Waals surface area contributed by atoms with Gasteiger partial charge in [-0.25, -0.2) is 9.18 Å². The molecule has 1 unspecified atom stereocenters. The second-order valence-electron chi connectivity index (χ2n) is 3.39. The monoisotopic (exact) mass is 341 g/mol. The summed E-state index contributed by atoms with van der Waals surface area (Å²) in [6.07, 6.45) is -1.92. The largest absolute Gasteiger partial charge is 0.507 e. The van der Waals surface area contributed by atoms with E-state index in [4.69, 9.17) is 5.73 Å². The molecule has 0 spiro atoms. The predicted molar refractivity (Wildman–Crippen MR) is 71.5 cm³/mol. The van der Waals surface area contributed by atoms with Crippen LogP contribution in [0.2, 0.25) is 0 Å². The van der Waals surface area contributed by atoms with Crippen LogP contribution in [0.5, 0.6) is 5.75 Å². The SMILES string of the molecule is CCOC(=O)C(F)[C@@H](N)c1ccc(O)c(Br)c1.Cl. The van der Waals surface area contributed by atoms with E-state index in [0.717, 1.165) is 0 Å². The van der Waals surface area contributed by atoms with E-state index in [-0.39, 0.29) is 24.8 Å². The zero-order valence-electron chi connectivity index (χ0n) is 9.60. The summed E-state index contributed by atoms with van der Waals surface area (Å²) in [5.41, 5.74) is 6.01. The Balaban J connectivity index is 0.00000289. The Hall–Kier alpha value is -0.850. The van der Waals surface area contributed by atoms with Crippen LogP contribution in [0.15, 0.2) is 22.7 Å². The molecule has 0 aliphatic carbocycles. The Morgan fingerprint density at radius 2 is 2.22 bits per heavy atom. The van der Waals surface area contributed by atoms with Gasteiger partial charge < -0.3 is 15.6 Å². The van der Waals surface area contributed by atoms with Crippen LogP contribution >= 0.6 is 28.3 Å². The Morgan fingerprint density at radius 1 is 1.61 bits per heavy atom. The highest BCUT2D eigenvalue weighted by Gasteiger charge is 2.28. The molecule has 0 fully saturated rings. The van der Waals surface area contributed by atoms with Crippen LogP contribution < -0.4 is 5.73 Å². The minimum Gasteiger partial charge on any atom is -0.507 e. The molecule has 0 amide bonds. The number of benzene rings is 1. The quantitative estimate of drug-likeness (QED) is 0.825. The van der Waals surface area contributed by atoms with Gasteiger partial charge in [-0.2, -0.15) is 0 Å². The number of hydrogen-bond donors (Lipinski definition) is 2. The van der Waals surface area contributed by atoms with Crippen LogP contribution in [0, 0.1) is 0 Å². The maximum absolute atomic E-state index is 13.6. The first-order valence-electron chi connectivity index (χ1n) is 5.02. The first-order chi connectivity index (χ1) is 7.97. The molecule has 4 nitrogen and oxygen atoms in total. The third-order valence-corrected chi connectivity index (χ3v) is 2.82. The summed E-state index contributed by atoms with van der Waals surface area (Å²) in [5, 5.41) is 9.28. The number of phenols is 1. The van der Waals surface area contributed by atoms with E-state index in [1.807, 2.05) is 0 Å². The highest BCUT2D eigenvalue weighted by atomic mass is 79.9. The first-order valence-corrected chi connectivity index (χ1v) is 5.81. The molecule has 0 radical (unpaired) electrons. The second-order valence-corrected chi connectivity index (χ2v) is 4.24. The molecule has 2 atom stereocenters. The van der Waals surface area contributed by atoms with Crippen LogP contribution in [0.4, 0.5) is 4.39 Å². The van der Waals surface area contributed by atoms with Crippen molar-refractivity contribution in [3.05, 3.63) is 28.2 Å². The Labute approximate surface area is 119 Å². The van der Waals surface area contributed by atoms with Gasteiger partial charge in [-0.15, -0.1) is 12.4 Å². The summed E-state index contributed by atoms with van der Waals surface area (Å²) in [6, 6.07) is 3.17. The molecule has 1 aromatic rings. The van der Waals surface area contributed by atoms with Gasteiger partial charge in [0.25, 0.3) is 0 Å². The van der Waals surface area contributed by atoms with Crippen molar-refractivity contribution in [3.8, 4) is 5.75 Å². The maximum atomic E-state index is 13.6. The molecule has 0 aliphatic rings. The molecule has 3 N–H and O–H groups in total. The van der Waals surface area contributed by atoms with E-state index < -0.39 is 18.2 Å². The van der Waals surface area contributed by atoms with Crippen LogP contribution in [-0.2, 0) is 9.53 Å². The van der Waals surface area contributed by atoms with Crippen molar-refractivity contribution in [2.24, 2.45) is 5.73 Å². The molecule has 0 bridgehead atoms. The molecular weight excluding hydrogens is 328 g/mol. The molecular formula is C11H14BrClFNO3. The van der Waals surface area contributed by atoms with Gasteiger partial charge in [0.1, 0.15) is 5.75 Å². The van der Waals surface area contributed by atoms with Crippen molar-refractivity contribution in [1.29, 1.82) is 0 Å². The standard InChI is InChI=1S/C11H13BrFNO3.ClH/c1-2-17-11(16)9(13)10(14)6-3-4-8(15)7(12)5-6;/h3-5,9-10,15H,2,14H2,1H3;1H/t9?,10-;/m0./s1. The van der Waals surface area contributed by atoms with Gasteiger partial charge in [0, 0.05) is 0 Å². The normalized spacial score (nSPS) is 13.3. The van der Waals surface area contributed by atoms with Gasteiger partial charge in [-0.3, -0.25) is 0 Å². The molecule has 18 heavy (non-hydrogen) atoms. The van der Waals surface area contributed by atoms with Crippen molar-refractivity contribution in [2.75, 3.05) is 6.61 Å². The zero-order valence-corrected chi connectivity index (χ0v) is 12.0. The topological polar surface area (TPSA) is 72.5 Å². The van der Waals surface area contributed by atoms with Gasteiger partial charge >= 0.3 is 5.97 Å². The summed E-state index contributed by atoms with van der Waals surface area (Å²) >= 11 is 3.09. The van der Waals surface area contributed by atoms with Crippen LogP contribution in [0.25, 0.3) is 0 Å². The Bertz CT molecular complexity index is 419. The van der Waals surface area contributed by atoms with Crippen molar-refractivity contribution >= 4 is 34.3 Å². The van der Waals surface area contributed by atoms with E-state index >= 15 is 0 Å². The summed E-state index contributed by atoms with van der Waals surface area (Å²) in [4.78, 5) is 11.2. The number of phenolic OH excluding ortho intramolecular Hbond substituents is 1. The fourth-order valence-corrected chi connectivity index (χ4v) is 1.66.